The summed E-state index contributed by atoms with van der Waals surface area (Å²) in [5.41, 5.74) is 2.98. The van der Waals surface area contributed by atoms with E-state index < -0.39 is 0 Å². The molecule has 0 N–H and O–H groups in total. The number of nitrogens with zero attached hydrogens (tertiary/aromatic N) is 1. The van der Waals surface area contributed by atoms with Gasteiger partial charge in [-0.3, -0.25) is 0 Å². The lowest BCUT2D eigenvalue weighted by Gasteiger charge is -1.96. The predicted molar refractivity (Wildman–Crippen MR) is 69.5 cm³/mol. The summed E-state index contributed by atoms with van der Waals surface area (Å²) in [6.45, 7) is 3.77. The summed E-state index contributed by atoms with van der Waals surface area (Å²) >= 11 is 0. The molecule has 0 saturated heterocycles. The molecule has 0 saturated carbocycles. The van der Waals surface area contributed by atoms with E-state index in [0.29, 0.717) is 0 Å². The first-order valence-corrected chi connectivity index (χ1v) is 5.46. The van der Waals surface area contributed by atoms with Gasteiger partial charge >= 0.3 is 0 Å². The number of aromatic nitrogens is 1. The molecule has 0 radical (unpaired) electrons. The van der Waals surface area contributed by atoms with Crippen molar-refractivity contribution in [2.75, 3.05) is 0 Å². The second-order valence-corrected chi connectivity index (χ2v) is 3.86. The molecule has 0 unspecified atom stereocenters. The minimum Gasteiger partial charge on any atom is -0.355 e. The summed E-state index contributed by atoms with van der Waals surface area (Å²) in [5.74, 6) is 0.810. The predicted octanol–water partition coefficient (Wildman–Crippen LogP) is 4.14. The molecule has 1 heterocycles. The molecule has 0 bridgehead atoms. The molecule has 3 aromatic rings. The third-order valence-electron chi connectivity index (χ3n) is 2.77. The lowest BCUT2D eigenvalue weighted by Crippen LogP contribution is -1.76. The van der Waals surface area contributed by atoms with Gasteiger partial charge in [-0.15, -0.1) is 0 Å². The van der Waals surface area contributed by atoms with E-state index in [9.17, 15) is 0 Å². The quantitative estimate of drug-likeness (QED) is 0.650. The maximum absolute atomic E-state index is 5.42. The zero-order valence-corrected chi connectivity index (χ0v) is 9.26. The Bertz CT molecular complexity index is 668. The number of fused-ring (bicyclic) bond motifs is 1. The standard InChI is InChI=1S/C15H11NO/c1-2-11-8-9-14-13(10-11)15(17-16-14)12-6-4-3-5-7-12/h2-10H,1H2. The van der Waals surface area contributed by atoms with Crippen LogP contribution in [0.1, 0.15) is 5.56 Å². The molecule has 0 amide bonds. The molecule has 2 aromatic carbocycles. The Balaban J connectivity index is 2.27. The van der Waals surface area contributed by atoms with Crippen LogP contribution in [0.4, 0.5) is 0 Å². The lowest BCUT2D eigenvalue weighted by atomic mass is 10.1. The molecular weight excluding hydrogens is 210 g/mol. The highest BCUT2D eigenvalue weighted by Crippen LogP contribution is 2.29. The van der Waals surface area contributed by atoms with Gasteiger partial charge in [-0.05, 0) is 17.7 Å². The smallest absolute Gasteiger partial charge is 0.174 e. The van der Waals surface area contributed by atoms with Crippen LogP contribution in [-0.2, 0) is 0 Å². The van der Waals surface area contributed by atoms with Gasteiger partial charge in [0, 0.05) is 5.56 Å². The third-order valence-corrected chi connectivity index (χ3v) is 2.77. The summed E-state index contributed by atoms with van der Waals surface area (Å²) in [7, 11) is 0. The molecule has 2 nitrogen and oxygen atoms in total. The Morgan fingerprint density at radius 2 is 1.88 bits per heavy atom. The zero-order valence-electron chi connectivity index (χ0n) is 9.26. The molecule has 17 heavy (non-hydrogen) atoms. The van der Waals surface area contributed by atoms with Gasteiger partial charge in [0.25, 0.3) is 0 Å². The van der Waals surface area contributed by atoms with Crippen molar-refractivity contribution in [3.05, 3.63) is 60.7 Å². The van der Waals surface area contributed by atoms with Crippen molar-refractivity contribution in [1.29, 1.82) is 0 Å². The largest absolute Gasteiger partial charge is 0.355 e. The van der Waals surface area contributed by atoms with Crippen LogP contribution in [0.3, 0.4) is 0 Å². The number of hydrogen-bond donors (Lipinski definition) is 0. The average Bonchev–Trinajstić information content (AvgIpc) is 2.82. The lowest BCUT2D eigenvalue weighted by molar-refractivity contribution is 0.441. The number of hydrogen-bond acceptors (Lipinski definition) is 2. The molecule has 0 atom stereocenters. The van der Waals surface area contributed by atoms with Gasteiger partial charge in [-0.25, -0.2) is 0 Å². The van der Waals surface area contributed by atoms with Crippen LogP contribution in [-0.4, -0.2) is 5.16 Å². The van der Waals surface area contributed by atoms with Gasteiger partial charge in [0.15, 0.2) is 5.76 Å². The van der Waals surface area contributed by atoms with Crippen molar-refractivity contribution < 1.29 is 4.52 Å². The molecule has 0 aliphatic heterocycles. The topological polar surface area (TPSA) is 26.0 Å². The molecule has 0 aliphatic rings. The van der Waals surface area contributed by atoms with Gasteiger partial charge in [0.1, 0.15) is 5.52 Å². The van der Waals surface area contributed by atoms with Crippen molar-refractivity contribution in [3.8, 4) is 11.3 Å². The van der Waals surface area contributed by atoms with Crippen LogP contribution in [0.2, 0.25) is 0 Å². The first-order valence-electron chi connectivity index (χ1n) is 5.46. The Morgan fingerprint density at radius 3 is 2.65 bits per heavy atom. The van der Waals surface area contributed by atoms with Gasteiger partial charge in [0.2, 0.25) is 0 Å². The molecule has 0 spiro atoms. The van der Waals surface area contributed by atoms with E-state index in [4.69, 9.17) is 4.52 Å². The van der Waals surface area contributed by atoms with Crippen molar-refractivity contribution in [2.24, 2.45) is 0 Å². The van der Waals surface area contributed by atoms with Crippen LogP contribution in [0.15, 0.2) is 59.6 Å². The molecule has 1 aromatic heterocycles. The van der Waals surface area contributed by atoms with E-state index in [1.165, 1.54) is 0 Å². The monoisotopic (exact) mass is 221 g/mol. The van der Waals surface area contributed by atoms with Crippen LogP contribution < -0.4 is 0 Å². The first kappa shape index (κ1) is 9.85. The molecule has 0 fully saturated rings. The highest BCUT2D eigenvalue weighted by Gasteiger charge is 2.09. The molecular formula is C15H11NO. The van der Waals surface area contributed by atoms with Crippen LogP contribution >= 0.6 is 0 Å². The number of benzene rings is 2. The normalized spacial score (nSPS) is 10.6. The Morgan fingerprint density at radius 1 is 1.06 bits per heavy atom. The molecule has 82 valence electrons. The van der Waals surface area contributed by atoms with E-state index in [1.54, 1.807) is 0 Å². The highest BCUT2D eigenvalue weighted by molar-refractivity contribution is 5.92. The van der Waals surface area contributed by atoms with Crippen molar-refractivity contribution in [3.63, 3.8) is 0 Å². The second kappa shape index (κ2) is 3.91. The van der Waals surface area contributed by atoms with Crippen LogP contribution in [0, 0.1) is 0 Å². The summed E-state index contributed by atoms with van der Waals surface area (Å²) in [6, 6.07) is 16.0. The summed E-state index contributed by atoms with van der Waals surface area (Å²) in [6.07, 6.45) is 1.82. The highest BCUT2D eigenvalue weighted by atomic mass is 16.5. The fraction of sp³-hybridized carbons (Fsp3) is 0. The van der Waals surface area contributed by atoms with Crippen molar-refractivity contribution in [1.82, 2.24) is 5.16 Å². The van der Waals surface area contributed by atoms with E-state index in [-0.39, 0.29) is 0 Å². The van der Waals surface area contributed by atoms with Crippen molar-refractivity contribution >= 4 is 17.0 Å². The Kier molecular flexibility index (Phi) is 2.26. The SMILES string of the molecule is C=Cc1ccc2noc(-c3ccccc3)c2c1. The summed E-state index contributed by atoms with van der Waals surface area (Å²) in [5, 5.41) is 5.08. The van der Waals surface area contributed by atoms with E-state index in [0.717, 1.165) is 27.8 Å². The van der Waals surface area contributed by atoms with Gasteiger partial charge in [-0.1, -0.05) is 54.2 Å². The zero-order chi connectivity index (χ0) is 11.7. The van der Waals surface area contributed by atoms with Gasteiger partial charge in [0.05, 0.1) is 5.39 Å². The van der Waals surface area contributed by atoms with Crippen molar-refractivity contribution in [2.45, 2.75) is 0 Å². The molecule has 2 heteroatoms. The minimum atomic E-state index is 0.810. The number of rotatable bonds is 2. The maximum atomic E-state index is 5.42. The Labute approximate surface area is 99.2 Å². The summed E-state index contributed by atoms with van der Waals surface area (Å²) < 4.78 is 5.42. The minimum absolute atomic E-state index is 0.810. The first-order chi connectivity index (χ1) is 8.38. The molecule has 0 aliphatic carbocycles. The van der Waals surface area contributed by atoms with E-state index in [2.05, 4.69) is 11.7 Å². The van der Waals surface area contributed by atoms with E-state index in [1.807, 2.05) is 54.6 Å². The maximum Gasteiger partial charge on any atom is 0.174 e. The van der Waals surface area contributed by atoms with Crippen LogP contribution in [0.5, 0.6) is 0 Å². The Hall–Kier alpha value is -2.35. The average molecular weight is 221 g/mol. The third kappa shape index (κ3) is 1.64. The van der Waals surface area contributed by atoms with Crippen LogP contribution in [0.25, 0.3) is 28.3 Å². The molecule has 3 rings (SSSR count). The second-order valence-electron chi connectivity index (χ2n) is 3.86. The van der Waals surface area contributed by atoms with Gasteiger partial charge in [-0.2, -0.15) is 0 Å². The summed E-state index contributed by atoms with van der Waals surface area (Å²) in [4.78, 5) is 0. The fourth-order valence-electron chi connectivity index (χ4n) is 1.88. The fourth-order valence-corrected chi connectivity index (χ4v) is 1.88. The van der Waals surface area contributed by atoms with Gasteiger partial charge < -0.3 is 4.52 Å². The van der Waals surface area contributed by atoms with E-state index >= 15 is 0 Å².